The fourth-order valence-electron chi connectivity index (χ4n) is 5.47. The maximum atomic E-state index is 12.4. The van der Waals surface area contributed by atoms with E-state index in [0.717, 1.165) is 42.9 Å². The molecule has 1 heterocycles. The highest BCUT2D eigenvalue weighted by molar-refractivity contribution is 5.85. The van der Waals surface area contributed by atoms with Crippen LogP contribution >= 0.6 is 12.4 Å². The fourth-order valence-corrected chi connectivity index (χ4v) is 5.47. The molecule has 0 spiro atoms. The van der Waals surface area contributed by atoms with E-state index in [0.29, 0.717) is 19.3 Å². The monoisotopic (exact) mass is 601 g/mol. The van der Waals surface area contributed by atoms with Gasteiger partial charge in [-0.15, -0.1) is 12.4 Å². The van der Waals surface area contributed by atoms with Gasteiger partial charge in [-0.1, -0.05) is 61.4 Å². The van der Waals surface area contributed by atoms with Crippen LogP contribution in [0.1, 0.15) is 106 Å². The summed E-state index contributed by atoms with van der Waals surface area (Å²) in [5.74, 6) is 0.431. The predicted octanol–water partition coefficient (Wildman–Crippen LogP) is 7.74. The number of carbonyl (C=O) groups excluding carboxylic acids is 3. The molecular weight excluding hydrogens is 554 g/mol. The average Bonchev–Trinajstić information content (AvgIpc) is 3.68. The van der Waals surface area contributed by atoms with Crippen molar-refractivity contribution >= 4 is 30.4 Å². The zero-order chi connectivity index (χ0) is 29.8. The SMILES string of the molecule is COC(=O)CCc1ccc(C2CCCC2)cc1.COC(=O)CCc1ccc([C@H]2CCCN2C(=O)OC(C)(C)C)cc1.Cl. The molecule has 1 aliphatic heterocycles. The minimum atomic E-state index is -0.484. The standard InChI is InChI=1S/C19H27NO4.C15H20O2.ClH/c1-19(2,3)24-18(22)20-13-5-6-16(20)15-10-7-14(8-11-15)9-12-17(21)23-4;1-17-15(16)11-8-12-6-9-14(10-7-12)13-4-2-3-5-13;/h7-8,10-11,16H,5-6,9,12-13H2,1-4H3;6-7,9-10,13H,2-5,8,11H2,1H3;1H/t16-;;/m1../s1. The lowest BCUT2D eigenvalue weighted by molar-refractivity contribution is -0.141. The zero-order valence-electron chi connectivity index (χ0n) is 25.9. The third kappa shape index (κ3) is 11.3. The van der Waals surface area contributed by atoms with Crippen molar-refractivity contribution in [3.8, 4) is 0 Å². The van der Waals surface area contributed by atoms with Gasteiger partial charge in [0.2, 0.25) is 0 Å². The summed E-state index contributed by atoms with van der Waals surface area (Å²) in [5, 5.41) is 0. The molecule has 4 rings (SSSR count). The second kappa shape index (κ2) is 17.2. The lowest BCUT2D eigenvalue weighted by Gasteiger charge is -2.29. The van der Waals surface area contributed by atoms with E-state index in [1.807, 2.05) is 49.9 Å². The largest absolute Gasteiger partial charge is 0.469 e. The number of aryl methyl sites for hydroxylation is 2. The van der Waals surface area contributed by atoms with E-state index in [1.54, 1.807) is 0 Å². The van der Waals surface area contributed by atoms with Crippen LogP contribution in [0, 0.1) is 0 Å². The second-order valence-corrected chi connectivity index (χ2v) is 11.9. The fraction of sp³-hybridized carbons (Fsp3) is 0.559. The van der Waals surface area contributed by atoms with Crippen molar-refractivity contribution in [3.05, 3.63) is 70.8 Å². The van der Waals surface area contributed by atoms with Gasteiger partial charge in [-0.2, -0.15) is 0 Å². The molecule has 2 aromatic carbocycles. The first-order valence-corrected chi connectivity index (χ1v) is 14.9. The number of esters is 2. The number of rotatable bonds is 8. The van der Waals surface area contributed by atoms with E-state index >= 15 is 0 Å². The topological polar surface area (TPSA) is 82.1 Å². The van der Waals surface area contributed by atoms with Crippen molar-refractivity contribution in [3.63, 3.8) is 0 Å². The molecule has 7 nitrogen and oxygen atoms in total. The molecule has 2 aliphatic rings. The number of nitrogens with zero attached hydrogens (tertiary/aromatic N) is 1. The maximum Gasteiger partial charge on any atom is 0.410 e. The van der Waals surface area contributed by atoms with Gasteiger partial charge in [0.15, 0.2) is 0 Å². The first kappa shape index (κ1) is 35.1. The van der Waals surface area contributed by atoms with Gasteiger partial charge in [0.25, 0.3) is 0 Å². The van der Waals surface area contributed by atoms with Gasteiger partial charge in [-0.05, 0) is 87.5 Å². The number of hydrogen-bond acceptors (Lipinski definition) is 6. The number of amides is 1. The van der Waals surface area contributed by atoms with Crippen LogP contribution in [0.3, 0.4) is 0 Å². The molecule has 232 valence electrons. The molecule has 1 amide bonds. The number of benzene rings is 2. The second-order valence-electron chi connectivity index (χ2n) is 11.9. The quantitative estimate of drug-likeness (QED) is 0.227. The molecule has 0 bridgehead atoms. The number of carbonyl (C=O) groups is 3. The van der Waals surface area contributed by atoms with E-state index in [9.17, 15) is 14.4 Å². The Balaban J connectivity index is 0.000000302. The molecule has 1 saturated heterocycles. The Kier molecular flexibility index (Phi) is 14.3. The zero-order valence-corrected chi connectivity index (χ0v) is 26.7. The summed E-state index contributed by atoms with van der Waals surface area (Å²) in [4.78, 5) is 36.4. The van der Waals surface area contributed by atoms with Crippen LogP contribution in [0.25, 0.3) is 0 Å². The summed E-state index contributed by atoms with van der Waals surface area (Å²) < 4.78 is 14.8. The first-order valence-electron chi connectivity index (χ1n) is 14.9. The van der Waals surface area contributed by atoms with Gasteiger partial charge >= 0.3 is 18.0 Å². The number of halogens is 1. The third-order valence-corrected chi connectivity index (χ3v) is 7.74. The molecule has 0 aromatic heterocycles. The van der Waals surface area contributed by atoms with Gasteiger partial charge in [-0.25, -0.2) is 4.79 Å². The number of hydrogen-bond donors (Lipinski definition) is 0. The van der Waals surface area contributed by atoms with E-state index in [2.05, 4.69) is 33.7 Å². The number of methoxy groups -OCH3 is 2. The van der Waals surface area contributed by atoms with Crippen LogP contribution < -0.4 is 0 Å². The number of likely N-dealkylation sites (tertiary alicyclic amines) is 1. The Labute approximate surface area is 257 Å². The van der Waals surface area contributed by atoms with Crippen molar-refractivity contribution < 1.29 is 28.6 Å². The summed E-state index contributed by atoms with van der Waals surface area (Å²) in [5.41, 5.74) is 4.40. The molecule has 0 unspecified atom stereocenters. The number of ether oxygens (including phenoxy) is 3. The lowest BCUT2D eigenvalue weighted by Crippen LogP contribution is -2.36. The highest BCUT2D eigenvalue weighted by atomic mass is 35.5. The normalized spacial score (nSPS) is 16.6. The molecule has 1 aliphatic carbocycles. The Bertz CT molecular complexity index is 1120. The predicted molar refractivity (Wildman–Crippen MR) is 167 cm³/mol. The maximum absolute atomic E-state index is 12.4. The van der Waals surface area contributed by atoms with Crippen molar-refractivity contribution in [1.29, 1.82) is 0 Å². The highest BCUT2D eigenvalue weighted by Crippen LogP contribution is 2.34. The molecule has 8 heteroatoms. The Hall–Kier alpha value is -3.06. The summed E-state index contributed by atoms with van der Waals surface area (Å²) >= 11 is 0. The van der Waals surface area contributed by atoms with Gasteiger partial charge < -0.3 is 19.1 Å². The van der Waals surface area contributed by atoms with Crippen LogP contribution in [-0.2, 0) is 36.6 Å². The van der Waals surface area contributed by atoms with Crippen molar-refractivity contribution in [2.24, 2.45) is 0 Å². The van der Waals surface area contributed by atoms with Gasteiger partial charge in [0.05, 0.1) is 20.3 Å². The van der Waals surface area contributed by atoms with Crippen LogP contribution in [0.5, 0.6) is 0 Å². The Morgan fingerprint density at radius 1 is 0.738 bits per heavy atom. The van der Waals surface area contributed by atoms with Crippen molar-refractivity contribution in [2.75, 3.05) is 20.8 Å². The highest BCUT2D eigenvalue weighted by Gasteiger charge is 2.33. The smallest absolute Gasteiger partial charge is 0.410 e. The Morgan fingerprint density at radius 3 is 1.67 bits per heavy atom. The van der Waals surface area contributed by atoms with Gasteiger partial charge in [-0.3, -0.25) is 9.59 Å². The Morgan fingerprint density at radius 2 is 1.21 bits per heavy atom. The van der Waals surface area contributed by atoms with Crippen LogP contribution in [0.2, 0.25) is 0 Å². The molecular formula is C34H48ClNO6. The summed E-state index contributed by atoms with van der Waals surface area (Å²) in [6.45, 7) is 6.37. The molecule has 0 radical (unpaired) electrons. The van der Waals surface area contributed by atoms with E-state index in [-0.39, 0.29) is 36.5 Å². The first-order chi connectivity index (χ1) is 19.6. The molecule has 1 atom stereocenters. The van der Waals surface area contributed by atoms with Crippen LogP contribution in [0.4, 0.5) is 4.79 Å². The summed E-state index contributed by atoms with van der Waals surface area (Å²) in [7, 11) is 2.84. The average molecular weight is 602 g/mol. The molecule has 1 saturated carbocycles. The lowest BCUT2D eigenvalue weighted by atomic mass is 9.96. The third-order valence-electron chi connectivity index (χ3n) is 7.74. The summed E-state index contributed by atoms with van der Waals surface area (Å²) in [6, 6.07) is 16.9. The minimum absolute atomic E-state index is 0. The molecule has 2 aromatic rings. The van der Waals surface area contributed by atoms with Gasteiger partial charge in [0, 0.05) is 19.4 Å². The van der Waals surface area contributed by atoms with Gasteiger partial charge in [0.1, 0.15) is 5.60 Å². The molecule has 2 fully saturated rings. The van der Waals surface area contributed by atoms with Crippen molar-refractivity contribution in [2.45, 2.75) is 103 Å². The molecule has 0 N–H and O–H groups in total. The van der Waals surface area contributed by atoms with Crippen LogP contribution in [0.15, 0.2) is 48.5 Å². The van der Waals surface area contributed by atoms with Crippen molar-refractivity contribution in [1.82, 2.24) is 4.90 Å². The summed E-state index contributed by atoms with van der Waals surface area (Å²) in [6.07, 6.45) is 9.37. The van der Waals surface area contributed by atoms with Crippen LogP contribution in [-0.4, -0.2) is 49.3 Å². The van der Waals surface area contributed by atoms with E-state index in [4.69, 9.17) is 4.74 Å². The minimum Gasteiger partial charge on any atom is -0.469 e. The van der Waals surface area contributed by atoms with E-state index < -0.39 is 5.60 Å². The van der Waals surface area contributed by atoms with E-state index in [1.165, 1.54) is 51.0 Å². The molecule has 42 heavy (non-hydrogen) atoms.